The topological polar surface area (TPSA) is 76.0 Å². The number of para-hydroxylation sites is 1. The summed E-state index contributed by atoms with van der Waals surface area (Å²) < 4.78 is 1.77. The predicted molar refractivity (Wildman–Crippen MR) is 120 cm³/mol. The van der Waals surface area contributed by atoms with Crippen LogP contribution in [0.25, 0.3) is 0 Å². The molecule has 0 fully saturated rings. The predicted octanol–water partition coefficient (Wildman–Crippen LogP) is 4.79. The lowest BCUT2D eigenvalue weighted by Crippen LogP contribution is -2.36. The number of anilines is 2. The maximum Gasteiger partial charge on any atom is 0.261 e. The van der Waals surface area contributed by atoms with Gasteiger partial charge in [0, 0.05) is 23.4 Å². The highest BCUT2D eigenvalue weighted by Crippen LogP contribution is 2.46. The second-order valence-corrected chi connectivity index (χ2v) is 8.94. The van der Waals surface area contributed by atoms with Gasteiger partial charge in [-0.2, -0.15) is 5.10 Å². The summed E-state index contributed by atoms with van der Waals surface area (Å²) in [6, 6.07) is 18.9. The maximum atomic E-state index is 13.2. The van der Waals surface area contributed by atoms with E-state index in [1.54, 1.807) is 10.9 Å². The van der Waals surface area contributed by atoms with Gasteiger partial charge in [0.15, 0.2) is 5.78 Å². The molecule has 2 heterocycles. The molecule has 2 N–H and O–H groups in total. The fourth-order valence-corrected chi connectivity index (χ4v) is 4.54. The largest absolute Gasteiger partial charge is 0.343 e. The molecule has 6 heteroatoms. The van der Waals surface area contributed by atoms with Gasteiger partial charge >= 0.3 is 0 Å². The van der Waals surface area contributed by atoms with E-state index in [2.05, 4.69) is 29.6 Å². The first-order chi connectivity index (χ1) is 14.9. The van der Waals surface area contributed by atoms with E-state index in [9.17, 15) is 9.59 Å². The van der Waals surface area contributed by atoms with Crippen LogP contribution in [-0.4, -0.2) is 21.5 Å². The van der Waals surface area contributed by atoms with Crippen LogP contribution in [0.1, 0.15) is 48.7 Å². The second kappa shape index (κ2) is 7.23. The summed E-state index contributed by atoms with van der Waals surface area (Å²) >= 11 is 0. The van der Waals surface area contributed by atoms with Crippen molar-refractivity contribution in [1.29, 1.82) is 0 Å². The molecule has 156 valence electrons. The number of rotatable bonds is 3. The van der Waals surface area contributed by atoms with E-state index in [0.29, 0.717) is 17.8 Å². The third-order valence-electron chi connectivity index (χ3n) is 5.89. The van der Waals surface area contributed by atoms with Crippen LogP contribution in [0.15, 0.2) is 78.1 Å². The lowest BCUT2D eigenvalue weighted by molar-refractivity contribution is -0.118. The number of fused-ring (bicyclic) bond motifs is 1. The zero-order valence-corrected chi connectivity index (χ0v) is 17.6. The Kier molecular flexibility index (Phi) is 4.50. The molecule has 0 radical (unpaired) electrons. The molecule has 1 aliphatic heterocycles. The van der Waals surface area contributed by atoms with E-state index in [1.807, 2.05) is 60.7 Å². The van der Waals surface area contributed by atoms with E-state index in [4.69, 9.17) is 0 Å². The Bertz CT molecular complexity index is 1190. The van der Waals surface area contributed by atoms with Gasteiger partial charge in [-0.3, -0.25) is 9.59 Å². The number of carbonyl (C=O) groups excluding carboxylic acids is 2. The molecule has 0 unspecified atom stereocenters. The van der Waals surface area contributed by atoms with Crippen molar-refractivity contribution in [2.24, 2.45) is 5.41 Å². The third-order valence-corrected chi connectivity index (χ3v) is 5.89. The highest BCUT2D eigenvalue weighted by Gasteiger charge is 2.42. The average molecular weight is 412 g/mol. The number of hydrogen-bond acceptors (Lipinski definition) is 4. The van der Waals surface area contributed by atoms with Crippen molar-refractivity contribution in [3.05, 3.63) is 89.3 Å². The number of allylic oxidation sites excluding steroid dienone is 2. The number of nitrogens with one attached hydrogen (secondary N) is 2. The zero-order valence-electron chi connectivity index (χ0n) is 17.6. The molecule has 1 aromatic heterocycles. The Hall–Kier alpha value is -3.67. The van der Waals surface area contributed by atoms with Crippen LogP contribution >= 0.6 is 0 Å². The van der Waals surface area contributed by atoms with Crippen molar-refractivity contribution in [2.45, 2.75) is 32.7 Å². The highest BCUT2D eigenvalue weighted by atomic mass is 16.1. The lowest BCUT2D eigenvalue weighted by Gasteiger charge is -2.39. The molecule has 2 aliphatic rings. The molecule has 0 spiro atoms. The quantitative estimate of drug-likeness (QED) is 0.648. The van der Waals surface area contributed by atoms with Gasteiger partial charge in [0.25, 0.3) is 5.91 Å². The Morgan fingerprint density at radius 2 is 1.74 bits per heavy atom. The van der Waals surface area contributed by atoms with Crippen molar-refractivity contribution in [2.75, 3.05) is 10.6 Å². The SMILES string of the molecule is CC1(C)CC(=O)C2=C(C1)Nc1c(C(=O)Nc3ccccc3)cnn1[C@H]2c1ccccc1. The number of ketones is 1. The molecule has 1 atom stereocenters. The molecule has 0 saturated carbocycles. The van der Waals surface area contributed by atoms with Gasteiger partial charge in [0.2, 0.25) is 0 Å². The summed E-state index contributed by atoms with van der Waals surface area (Å²) in [5.74, 6) is 0.507. The maximum absolute atomic E-state index is 13.2. The van der Waals surface area contributed by atoms with Crippen molar-refractivity contribution >= 4 is 23.2 Å². The molecule has 5 rings (SSSR count). The van der Waals surface area contributed by atoms with Gasteiger partial charge in [-0.1, -0.05) is 62.4 Å². The first-order valence-electron chi connectivity index (χ1n) is 10.4. The molecular weight excluding hydrogens is 388 g/mol. The number of amides is 1. The summed E-state index contributed by atoms with van der Waals surface area (Å²) in [5.41, 5.74) is 3.64. The van der Waals surface area contributed by atoms with Gasteiger partial charge in [0.05, 0.1) is 6.20 Å². The van der Waals surface area contributed by atoms with Crippen molar-refractivity contribution in [3.63, 3.8) is 0 Å². The minimum atomic E-state index is -0.352. The van der Waals surface area contributed by atoms with Gasteiger partial charge in [-0.25, -0.2) is 4.68 Å². The van der Waals surface area contributed by atoms with Crippen molar-refractivity contribution in [3.8, 4) is 0 Å². The molecule has 6 nitrogen and oxygen atoms in total. The van der Waals surface area contributed by atoms with Crippen molar-refractivity contribution in [1.82, 2.24) is 9.78 Å². The van der Waals surface area contributed by atoms with E-state index in [1.165, 1.54) is 0 Å². The van der Waals surface area contributed by atoms with Crippen LogP contribution in [0.5, 0.6) is 0 Å². The lowest BCUT2D eigenvalue weighted by atomic mass is 9.73. The number of aromatic nitrogens is 2. The highest BCUT2D eigenvalue weighted by molar-refractivity contribution is 6.08. The molecule has 2 aromatic carbocycles. The van der Waals surface area contributed by atoms with Crippen LogP contribution in [-0.2, 0) is 4.79 Å². The average Bonchev–Trinajstić information content (AvgIpc) is 3.16. The second-order valence-electron chi connectivity index (χ2n) is 8.94. The van der Waals surface area contributed by atoms with Gasteiger partial charge in [0.1, 0.15) is 17.4 Å². The number of Topliss-reactive ketones (excluding diaryl/α,β-unsaturated/α-hetero) is 1. The minimum absolute atomic E-state index is 0.129. The van der Waals surface area contributed by atoms with E-state index < -0.39 is 0 Å². The first kappa shape index (κ1) is 19.3. The summed E-state index contributed by atoms with van der Waals surface area (Å²) in [6.45, 7) is 4.20. The minimum Gasteiger partial charge on any atom is -0.343 e. The molecular formula is C25H24N4O2. The van der Waals surface area contributed by atoms with Crippen LogP contribution < -0.4 is 10.6 Å². The van der Waals surface area contributed by atoms with Gasteiger partial charge in [-0.15, -0.1) is 0 Å². The summed E-state index contributed by atoms with van der Waals surface area (Å²) in [6.07, 6.45) is 2.81. The number of carbonyl (C=O) groups is 2. The van der Waals surface area contributed by atoms with E-state index >= 15 is 0 Å². The van der Waals surface area contributed by atoms with Gasteiger partial charge < -0.3 is 10.6 Å². The molecule has 0 saturated heterocycles. The molecule has 31 heavy (non-hydrogen) atoms. The van der Waals surface area contributed by atoms with E-state index in [0.717, 1.165) is 28.9 Å². The Morgan fingerprint density at radius 1 is 1.06 bits per heavy atom. The summed E-state index contributed by atoms with van der Waals surface area (Å²) in [4.78, 5) is 26.3. The number of nitrogens with zero attached hydrogens (tertiary/aromatic N) is 2. The summed E-state index contributed by atoms with van der Waals surface area (Å²) in [5, 5.41) is 10.9. The molecule has 3 aromatic rings. The Morgan fingerprint density at radius 3 is 2.45 bits per heavy atom. The fraction of sp³-hybridized carbons (Fsp3) is 0.240. The number of hydrogen-bond donors (Lipinski definition) is 2. The van der Waals surface area contributed by atoms with Gasteiger partial charge in [-0.05, 0) is 29.5 Å². The fourth-order valence-electron chi connectivity index (χ4n) is 4.54. The van der Waals surface area contributed by atoms with Crippen LogP contribution in [0.3, 0.4) is 0 Å². The monoisotopic (exact) mass is 412 g/mol. The van der Waals surface area contributed by atoms with E-state index in [-0.39, 0.29) is 23.1 Å². The standard InChI is InChI=1S/C25H24N4O2/c1-25(2)13-19-21(20(30)14-25)22(16-9-5-3-6-10-16)29-23(28-19)18(15-26-29)24(31)27-17-11-7-4-8-12-17/h3-12,15,22,28H,13-14H2,1-2H3,(H,27,31)/t22-/m0/s1. The van der Waals surface area contributed by atoms with Crippen LogP contribution in [0.2, 0.25) is 0 Å². The molecule has 1 aliphatic carbocycles. The number of benzene rings is 2. The third kappa shape index (κ3) is 3.44. The van der Waals surface area contributed by atoms with Crippen LogP contribution in [0.4, 0.5) is 11.5 Å². The summed E-state index contributed by atoms with van der Waals surface area (Å²) in [7, 11) is 0. The Balaban J connectivity index is 1.60. The normalized spacial score (nSPS) is 19.3. The molecule has 0 bridgehead atoms. The Labute approximate surface area is 181 Å². The first-order valence-corrected chi connectivity index (χ1v) is 10.4. The zero-order chi connectivity index (χ0) is 21.6. The molecule has 1 amide bonds. The van der Waals surface area contributed by atoms with Crippen LogP contribution in [0, 0.1) is 5.41 Å². The smallest absolute Gasteiger partial charge is 0.261 e. The van der Waals surface area contributed by atoms with Crippen molar-refractivity contribution < 1.29 is 9.59 Å².